The number of ether oxygens (including phenoxy) is 1. The van der Waals surface area contributed by atoms with Gasteiger partial charge in [0.25, 0.3) is 0 Å². The molecule has 0 spiro atoms. The number of terminal acetylenes is 1. The molecule has 0 atom stereocenters. The lowest BCUT2D eigenvalue weighted by atomic mass is 10.2. The van der Waals surface area contributed by atoms with Crippen molar-refractivity contribution in [2.75, 3.05) is 24.6 Å². The lowest BCUT2D eigenvalue weighted by Crippen LogP contribution is -2.20. The standard InChI is InChI=1S/C16H17NO2/c1-4-11-19-13-9-7-12(8-10-13)14-15(16(14)18)17(5-2)6-3/h1,7-10H,5-6,11H2,2-3H3. The minimum atomic E-state index is 0.154. The summed E-state index contributed by atoms with van der Waals surface area (Å²) in [5.74, 6) is 3.14. The zero-order chi connectivity index (χ0) is 13.8. The Kier molecular flexibility index (Phi) is 3.91. The predicted octanol–water partition coefficient (Wildman–Crippen LogP) is 2.45. The first-order valence-electron chi connectivity index (χ1n) is 6.43. The van der Waals surface area contributed by atoms with E-state index in [4.69, 9.17) is 11.2 Å². The van der Waals surface area contributed by atoms with Gasteiger partial charge in [0.15, 0.2) is 0 Å². The summed E-state index contributed by atoms with van der Waals surface area (Å²) in [7, 11) is 0. The maximum Gasteiger partial charge on any atom is 0.212 e. The summed E-state index contributed by atoms with van der Waals surface area (Å²) in [6.07, 6.45) is 5.13. The number of rotatable bonds is 6. The third-order valence-corrected chi connectivity index (χ3v) is 3.16. The summed E-state index contributed by atoms with van der Waals surface area (Å²) < 4.78 is 5.31. The van der Waals surface area contributed by atoms with E-state index in [0.717, 1.165) is 35.7 Å². The van der Waals surface area contributed by atoms with E-state index in [1.807, 2.05) is 24.3 Å². The Morgan fingerprint density at radius 2 is 1.84 bits per heavy atom. The van der Waals surface area contributed by atoms with Gasteiger partial charge < -0.3 is 9.64 Å². The van der Waals surface area contributed by atoms with Crippen LogP contribution >= 0.6 is 0 Å². The van der Waals surface area contributed by atoms with Crippen molar-refractivity contribution in [1.29, 1.82) is 0 Å². The number of nitrogens with zero attached hydrogens (tertiary/aromatic N) is 1. The Hall–Kier alpha value is -2.21. The highest BCUT2D eigenvalue weighted by Crippen LogP contribution is 2.34. The predicted molar refractivity (Wildman–Crippen MR) is 78.4 cm³/mol. The van der Waals surface area contributed by atoms with Crippen molar-refractivity contribution in [3.63, 3.8) is 0 Å². The first kappa shape index (κ1) is 13.2. The fraction of sp³-hybridized carbons (Fsp3) is 0.312. The van der Waals surface area contributed by atoms with Crippen molar-refractivity contribution >= 4 is 5.69 Å². The van der Waals surface area contributed by atoms with Gasteiger partial charge in [0.2, 0.25) is 5.43 Å². The van der Waals surface area contributed by atoms with Crippen molar-refractivity contribution in [3.05, 3.63) is 34.5 Å². The molecule has 0 amide bonds. The van der Waals surface area contributed by atoms with Crippen LogP contribution < -0.4 is 15.1 Å². The second-order valence-electron chi connectivity index (χ2n) is 4.24. The molecule has 0 heterocycles. The summed E-state index contributed by atoms with van der Waals surface area (Å²) in [5, 5.41) is 0. The molecule has 0 aromatic heterocycles. The van der Waals surface area contributed by atoms with Crippen molar-refractivity contribution in [2.45, 2.75) is 13.8 Å². The number of hydrogen-bond donors (Lipinski definition) is 0. The molecule has 2 rings (SSSR count). The molecule has 3 heteroatoms. The minimum absolute atomic E-state index is 0.154. The van der Waals surface area contributed by atoms with Crippen LogP contribution in [0.5, 0.6) is 5.75 Å². The Morgan fingerprint density at radius 3 is 2.37 bits per heavy atom. The van der Waals surface area contributed by atoms with Crippen molar-refractivity contribution in [3.8, 4) is 29.2 Å². The molecule has 0 fully saturated rings. The van der Waals surface area contributed by atoms with Crippen molar-refractivity contribution < 1.29 is 4.74 Å². The van der Waals surface area contributed by atoms with Gasteiger partial charge in [-0.05, 0) is 31.5 Å². The molecule has 0 saturated carbocycles. The third-order valence-electron chi connectivity index (χ3n) is 3.16. The van der Waals surface area contributed by atoms with Gasteiger partial charge in [-0.2, -0.15) is 0 Å². The van der Waals surface area contributed by atoms with Crippen LogP contribution in [0.1, 0.15) is 13.8 Å². The SMILES string of the molecule is C#CCOc1ccc(-c2c(N(CC)CC)c2=O)cc1. The van der Waals surface area contributed by atoms with Crippen LogP contribution in [-0.4, -0.2) is 19.7 Å². The maximum absolute atomic E-state index is 11.9. The number of benzene rings is 1. The first-order chi connectivity index (χ1) is 9.22. The minimum Gasteiger partial charge on any atom is -0.481 e. The molecule has 0 aliphatic carbocycles. The second kappa shape index (κ2) is 5.62. The molecule has 0 bridgehead atoms. The molecule has 3 nitrogen and oxygen atoms in total. The van der Waals surface area contributed by atoms with Crippen LogP contribution in [0.4, 0.5) is 5.69 Å². The zero-order valence-corrected chi connectivity index (χ0v) is 11.3. The summed E-state index contributed by atoms with van der Waals surface area (Å²) in [6.45, 7) is 6.06. The van der Waals surface area contributed by atoms with E-state index in [-0.39, 0.29) is 12.0 Å². The summed E-state index contributed by atoms with van der Waals surface area (Å²) in [5.41, 5.74) is 2.77. The quantitative estimate of drug-likeness (QED) is 0.743. The van der Waals surface area contributed by atoms with Crippen LogP contribution in [-0.2, 0) is 0 Å². The fourth-order valence-corrected chi connectivity index (χ4v) is 2.11. The van der Waals surface area contributed by atoms with E-state index >= 15 is 0 Å². The zero-order valence-electron chi connectivity index (χ0n) is 11.3. The molecule has 2 aromatic carbocycles. The van der Waals surface area contributed by atoms with E-state index in [9.17, 15) is 4.79 Å². The molecule has 0 N–H and O–H groups in total. The van der Waals surface area contributed by atoms with E-state index in [0.29, 0.717) is 0 Å². The van der Waals surface area contributed by atoms with Gasteiger partial charge in [0, 0.05) is 13.1 Å². The Balaban J connectivity index is 2.15. The Labute approximate surface area is 113 Å². The molecule has 98 valence electrons. The molecule has 0 radical (unpaired) electrons. The van der Waals surface area contributed by atoms with Gasteiger partial charge in [-0.25, -0.2) is 0 Å². The summed E-state index contributed by atoms with van der Waals surface area (Å²) >= 11 is 0. The average molecular weight is 255 g/mol. The van der Waals surface area contributed by atoms with Gasteiger partial charge in [-0.15, -0.1) is 6.42 Å². The molecule has 19 heavy (non-hydrogen) atoms. The lowest BCUT2D eigenvalue weighted by Gasteiger charge is -2.14. The van der Waals surface area contributed by atoms with Crippen LogP contribution in [0.3, 0.4) is 0 Å². The average Bonchev–Trinajstić information content (AvgIpc) is 3.10. The third kappa shape index (κ3) is 2.63. The van der Waals surface area contributed by atoms with Crippen LogP contribution in [0.25, 0.3) is 11.1 Å². The van der Waals surface area contributed by atoms with Gasteiger partial charge in [0.1, 0.15) is 12.4 Å². The molecule has 2 aromatic rings. The highest BCUT2D eigenvalue weighted by molar-refractivity contribution is 5.90. The van der Waals surface area contributed by atoms with Gasteiger partial charge in [-0.3, -0.25) is 4.79 Å². The lowest BCUT2D eigenvalue weighted by molar-refractivity contribution is 0.370. The largest absolute Gasteiger partial charge is 0.481 e. The molecular weight excluding hydrogens is 238 g/mol. The highest BCUT2D eigenvalue weighted by Gasteiger charge is 2.27. The molecule has 0 saturated heterocycles. The first-order valence-corrected chi connectivity index (χ1v) is 6.43. The van der Waals surface area contributed by atoms with Gasteiger partial charge in [-0.1, -0.05) is 18.1 Å². The van der Waals surface area contributed by atoms with E-state index < -0.39 is 0 Å². The summed E-state index contributed by atoms with van der Waals surface area (Å²) in [6, 6.07) is 7.47. The van der Waals surface area contributed by atoms with Crippen molar-refractivity contribution in [1.82, 2.24) is 0 Å². The van der Waals surface area contributed by atoms with Gasteiger partial charge >= 0.3 is 0 Å². The van der Waals surface area contributed by atoms with Crippen molar-refractivity contribution in [2.24, 2.45) is 0 Å². The number of anilines is 1. The molecule has 0 unspecified atom stereocenters. The topological polar surface area (TPSA) is 29.5 Å². The molecular formula is C16H17NO2. The molecule has 0 aliphatic rings. The highest BCUT2D eigenvalue weighted by atomic mass is 16.5. The van der Waals surface area contributed by atoms with Crippen LogP contribution in [0.2, 0.25) is 0 Å². The van der Waals surface area contributed by atoms with E-state index in [1.54, 1.807) is 0 Å². The van der Waals surface area contributed by atoms with Crippen LogP contribution in [0, 0.1) is 12.3 Å². The fourth-order valence-electron chi connectivity index (χ4n) is 2.11. The van der Waals surface area contributed by atoms with E-state index in [2.05, 4.69) is 24.7 Å². The normalized spacial score (nSPS) is 10.4. The van der Waals surface area contributed by atoms with Gasteiger partial charge in [0.05, 0.1) is 11.3 Å². The Bertz CT molecular complexity index is 593. The smallest absolute Gasteiger partial charge is 0.212 e. The summed E-state index contributed by atoms with van der Waals surface area (Å²) in [4.78, 5) is 13.9. The van der Waals surface area contributed by atoms with Crippen LogP contribution in [0.15, 0.2) is 29.1 Å². The maximum atomic E-state index is 11.9. The second-order valence-corrected chi connectivity index (χ2v) is 4.24. The number of hydrogen-bond acceptors (Lipinski definition) is 3. The Morgan fingerprint density at radius 1 is 1.21 bits per heavy atom. The monoisotopic (exact) mass is 255 g/mol. The molecule has 0 aliphatic heterocycles. The van der Waals surface area contributed by atoms with E-state index in [1.165, 1.54) is 0 Å².